The van der Waals surface area contributed by atoms with Crippen LogP contribution in [0, 0.1) is 19.7 Å². The van der Waals surface area contributed by atoms with Gasteiger partial charge in [-0.25, -0.2) is 4.39 Å². The minimum absolute atomic E-state index is 0.101. The summed E-state index contributed by atoms with van der Waals surface area (Å²) in [5.41, 5.74) is 3.40. The van der Waals surface area contributed by atoms with Gasteiger partial charge in [0, 0.05) is 31.2 Å². The summed E-state index contributed by atoms with van der Waals surface area (Å²) in [6.07, 6.45) is 3.95. The molecule has 1 aliphatic heterocycles. The van der Waals surface area contributed by atoms with Crippen LogP contribution in [0.15, 0.2) is 36.4 Å². The minimum atomic E-state index is -0.284. The summed E-state index contributed by atoms with van der Waals surface area (Å²) in [4.78, 5) is 16.6. The van der Waals surface area contributed by atoms with E-state index in [4.69, 9.17) is 4.74 Å². The number of ether oxygens (including phenoxy) is 1. The molecule has 0 radical (unpaired) electrons. The molecular formula is C26H36FN3O2. The number of halogens is 1. The second-order valence-corrected chi connectivity index (χ2v) is 8.97. The molecule has 1 aliphatic rings. The lowest BCUT2D eigenvalue weighted by molar-refractivity contribution is -0.116. The van der Waals surface area contributed by atoms with Crippen LogP contribution in [0.3, 0.4) is 0 Å². The first-order chi connectivity index (χ1) is 15.3. The number of piperidine rings is 1. The van der Waals surface area contributed by atoms with Crippen molar-refractivity contribution in [2.75, 3.05) is 44.0 Å². The summed E-state index contributed by atoms with van der Waals surface area (Å²) in [6.45, 7) is 6.33. The zero-order valence-electron chi connectivity index (χ0n) is 19.8. The number of carbonyl (C=O) groups is 1. The number of anilines is 2. The van der Waals surface area contributed by atoms with Gasteiger partial charge in [-0.3, -0.25) is 4.79 Å². The molecule has 1 saturated heterocycles. The Hall–Kier alpha value is -2.60. The molecule has 2 aromatic rings. The van der Waals surface area contributed by atoms with Gasteiger partial charge in [-0.1, -0.05) is 12.1 Å². The number of aryl methyl sites for hydroxylation is 2. The van der Waals surface area contributed by atoms with Crippen LogP contribution in [0.25, 0.3) is 0 Å². The van der Waals surface area contributed by atoms with E-state index in [1.165, 1.54) is 11.6 Å². The normalized spacial score (nSPS) is 14.6. The molecule has 2 aromatic carbocycles. The van der Waals surface area contributed by atoms with Crippen molar-refractivity contribution in [2.24, 2.45) is 0 Å². The van der Waals surface area contributed by atoms with Gasteiger partial charge in [-0.15, -0.1) is 0 Å². The van der Waals surface area contributed by atoms with E-state index in [0.29, 0.717) is 30.4 Å². The van der Waals surface area contributed by atoms with E-state index in [-0.39, 0.29) is 11.7 Å². The first kappa shape index (κ1) is 24.1. The third-order valence-corrected chi connectivity index (χ3v) is 6.17. The summed E-state index contributed by atoms with van der Waals surface area (Å²) in [5.74, 6) is 0.514. The maximum atomic E-state index is 14.7. The molecule has 1 N–H and O–H groups in total. The van der Waals surface area contributed by atoms with Crippen molar-refractivity contribution in [3.8, 4) is 5.75 Å². The Morgan fingerprint density at radius 3 is 2.56 bits per heavy atom. The predicted molar refractivity (Wildman–Crippen MR) is 129 cm³/mol. The Morgan fingerprint density at radius 1 is 1.12 bits per heavy atom. The van der Waals surface area contributed by atoms with Crippen molar-refractivity contribution >= 4 is 17.3 Å². The van der Waals surface area contributed by atoms with E-state index >= 15 is 0 Å². The van der Waals surface area contributed by atoms with Crippen LogP contribution in [0.1, 0.15) is 43.2 Å². The summed E-state index contributed by atoms with van der Waals surface area (Å²) in [7, 11) is 4.19. The van der Waals surface area contributed by atoms with Crippen molar-refractivity contribution in [2.45, 2.75) is 52.0 Å². The summed E-state index contributed by atoms with van der Waals surface area (Å²) >= 11 is 0. The molecule has 6 heteroatoms. The van der Waals surface area contributed by atoms with Crippen LogP contribution in [0.2, 0.25) is 0 Å². The third-order valence-electron chi connectivity index (χ3n) is 6.17. The molecular weight excluding hydrogens is 405 g/mol. The molecule has 1 amide bonds. The Balaban J connectivity index is 1.40. The lowest BCUT2D eigenvalue weighted by atomic mass is 10.0. The molecule has 0 bridgehead atoms. The van der Waals surface area contributed by atoms with Crippen LogP contribution in [0.4, 0.5) is 15.8 Å². The number of unbranched alkanes of at least 4 members (excludes halogenated alkanes) is 1. The van der Waals surface area contributed by atoms with Crippen molar-refractivity contribution < 1.29 is 13.9 Å². The number of hydrogen-bond acceptors (Lipinski definition) is 4. The first-order valence-electron chi connectivity index (χ1n) is 11.5. The van der Waals surface area contributed by atoms with Gasteiger partial charge in [-0.2, -0.15) is 0 Å². The van der Waals surface area contributed by atoms with Gasteiger partial charge < -0.3 is 19.9 Å². The van der Waals surface area contributed by atoms with Crippen molar-refractivity contribution in [1.82, 2.24) is 4.90 Å². The molecule has 0 saturated carbocycles. The maximum absolute atomic E-state index is 14.7. The van der Waals surface area contributed by atoms with Gasteiger partial charge in [0.2, 0.25) is 5.91 Å². The smallest absolute Gasteiger partial charge is 0.224 e. The van der Waals surface area contributed by atoms with E-state index in [0.717, 1.165) is 50.1 Å². The Bertz CT molecular complexity index is 908. The lowest BCUT2D eigenvalue weighted by Gasteiger charge is -2.36. The average Bonchev–Trinajstić information content (AvgIpc) is 2.76. The highest BCUT2D eigenvalue weighted by atomic mass is 19.1. The van der Waals surface area contributed by atoms with E-state index in [9.17, 15) is 9.18 Å². The highest BCUT2D eigenvalue weighted by Crippen LogP contribution is 2.27. The Labute approximate surface area is 191 Å². The number of carbonyl (C=O) groups excluding carboxylic acids is 1. The molecule has 1 heterocycles. The molecule has 32 heavy (non-hydrogen) atoms. The summed E-state index contributed by atoms with van der Waals surface area (Å²) in [5, 5.41) is 2.82. The fraction of sp³-hybridized carbons (Fsp3) is 0.500. The van der Waals surface area contributed by atoms with Crippen LogP contribution >= 0.6 is 0 Å². The Morgan fingerprint density at radius 2 is 1.88 bits per heavy atom. The second-order valence-electron chi connectivity index (χ2n) is 8.97. The number of amides is 1. The first-order valence-corrected chi connectivity index (χ1v) is 11.5. The number of nitrogens with one attached hydrogen (secondary N) is 1. The minimum Gasteiger partial charge on any atom is -0.493 e. The fourth-order valence-electron chi connectivity index (χ4n) is 4.12. The lowest BCUT2D eigenvalue weighted by Crippen LogP contribution is -2.42. The topological polar surface area (TPSA) is 44.8 Å². The fourth-order valence-corrected chi connectivity index (χ4v) is 4.12. The SMILES string of the molecule is Cc1ccc(C)c(OCCCCC(=O)Nc2ccc(N3CCC(N(C)C)CC3)c(F)c2)c1. The summed E-state index contributed by atoms with van der Waals surface area (Å²) < 4.78 is 20.5. The van der Waals surface area contributed by atoms with Crippen LogP contribution in [-0.2, 0) is 4.79 Å². The summed E-state index contributed by atoms with van der Waals surface area (Å²) in [6, 6.07) is 11.7. The number of rotatable bonds is 9. The van der Waals surface area contributed by atoms with Gasteiger partial charge >= 0.3 is 0 Å². The van der Waals surface area contributed by atoms with Gasteiger partial charge in [0.1, 0.15) is 11.6 Å². The molecule has 0 unspecified atom stereocenters. The van der Waals surface area contributed by atoms with Crippen LogP contribution in [-0.4, -0.2) is 50.6 Å². The monoisotopic (exact) mass is 441 g/mol. The van der Waals surface area contributed by atoms with Gasteiger partial charge in [0.15, 0.2) is 0 Å². The van der Waals surface area contributed by atoms with E-state index < -0.39 is 0 Å². The molecule has 3 rings (SSSR count). The zero-order chi connectivity index (χ0) is 23.1. The van der Waals surface area contributed by atoms with Crippen molar-refractivity contribution in [1.29, 1.82) is 0 Å². The zero-order valence-corrected chi connectivity index (χ0v) is 19.8. The highest BCUT2D eigenvalue weighted by Gasteiger charge is 2.22. The maximum Gasteiger partial charge on any atom is 0.224 e. The average molecular weight is 442 g/mol. The largest absolute Gasteiger partial charge is 0.493 e. The number of benzene rings is 2. The second kappa shape index (κ2) is 11.3. The molecule has 174 valence electrons. The Kier molecular flexibility index (Phi) is 8.51. The molecule has 0 aromatic heterocycles. The predicted octanol–water partition coefficient (Wildman–Crippen LogP) is 5.16. The van der Waals surface area contributed by atoms with Crippen molar-refractivity contribution in [3.05, 3.63) is 53.3 Å². The van der Waals surface area contributed by atoms with Crippen LogP contribution < -0.4 is 15.0 Å². The molecule has 0 spiro atoms. The molecule has 1 fully saturated rings. The van der Waals surface area contributed by atoms with E-state index in [2.05, 4.69) is 35.3 Å². The van der Waals surface area contributed by atoms with Crippen molar-refractivity contribution in [3.63, 3.8) is 0 Å². The molecule has 0 atom stereocenters. The van der Waals surface area contributed by atoms with Gasteiger partial charge in [-0.05, 0) is 89.0 Å². The van der Waals surface area contributed by atoms with E-state index in [1.807, 2.05) is 26.0 Å². The molecule has 0 aliphatic carbocycles. The van der Waals surface area contributed by atoms with E-state index in [1.54, 1.807) is 12.1 Å². The standard InChI is InChI=1S/C26H36FN3O2/c1-19-8-9-20(2)25(17-19)32-16-6-5-7-26(31)28-21-10-11-24(23(27)18-21)30-14-12-22(13-15-30)29(3)4/h8-11,17-18,22H,5-7,12-16H2,1-4H3,(H,28,31). The van der Waals surface area contributed by atoms with Gasteiger partial charge in [0.25, 0.3) is 0 Å². The van der Waals surface area contributed by atoms with Crippen LogP contribution in [0.5, 0.6) is 5.75 Å². The third kappa shape index (κ3) is 6.70. The van der Waals surface area contributed by atoms with Gasteiger partial charge in [0.05, 0.1) is 12.3 Å². The molecule has 5 nitrogen and oxygen atoms in total. The number of hydrogen-bond donors (Lipinski definition) is 1. The quantitative estimate of drug-likeness (QED) is 0.546. The number of nitrogens with zero attached hydrogens (tertiary/aromatic N) is 2. The highest BCUT2D eigenvalue weighted by molar-refractivity contribution is 5.90.